The van der Waals surface area contributed by atoms with Gasteiger partial charge in [0.15, 0.2) is 0 Å². The van der Waals surface area contributed by atoms with Crippen LogP contribution in [0.3, 0.4) is 0 Å². The van der Waals surface area contributed by atoms with Crippen molar-refractivity contribution in [2.75, 3.05) is 5.32 Å². The van der Waals surface area contributed by atoms with Crippen molar-refractivity contribution in [3.63, 3.8) is 0 Å². The predicted octanol–water partition coefficient (Wildman–Crippen LogP) is 4.96. The molecule has 0 radical (unpaired) electrons. The summed E-state index contributed by atoms with van der Waals surface area (Å²) < 4.78 is 3.71. The van der Waals surface area contributed by atoms with E-state index in [1.807, 2.05) is 35.0 Å². The zero-order valence-electron chi connectivity index (χ0n) is 10.4. The fourth-order valence-corrected chi connectivity index (χ4v) is 3.59. The molecule has 3 nitrogen and oxygen atoms in total. The topological polar surface area (TPSA) is 29.9 Å². The number of hydrogen-bond donors (Lipinski definition) is 1. The maximum absolute atomic E-state index is 6.04. The van der Waals surface area contributed by atoms with Gasteiger partial charge in [0.2, 0.25) is 0 Å². The number of imidazole rings is 1. The van der Waals surface area contributed by atoms with Crippen molar-refractivity contribution in [1.82, 2.24) is 9.55 Å². The smallest absolute Gasteiger partial charge is 0.107 e. The van der Waals surface area contributed by atoms with Crippen LogP contribution < -0.4 is 5.32 Å². The van der Waals surface area contributed by atoms with E-state index in [0.717, 1.165) is 26.7 Å². The zero-order valence-corrected chi connectivity index (χ0v) is 13.5. The van der Waals surface area contributed by atoms with Gasteiger partial charge in [0.1, 0.15) is 4.34 Å². The molecule has 3 aromatic rings. The molecule has 0 amide bonds. The number of thiophene rings is 1. The Kier molecular flexibility index (Phi) is 4.10. The van der Waals surface area contributed by atoms with Crippen molar-refractivity contribution >= 4 is 44.6 Å². The van der Waals surface area contributed by atoms with Gasteiger partial charge in [-0.1, -0.05) is 17.7 Å². The minimum atomic E-state index is 0.753. The van der Waals surface area contributed by atoms with Crippen LogP contribution in [0.2, 0.25) is 4.34 Å². The summed E-state index contributed by atoms with van der Waals surface area (Å²) in [6, 6.07) is 10.2. The predicted molar refractivity (Wildman–Crippen MR) is 87.9 cm³/mol. The van der Waals surface area contributed by atoms with Crippen LogP contribution >= 0.6 is 38.9 Å². The molecule has 0 aliphatic carbocycles. The van der Waals surface area contributed by atoms with Gasteiger partial charge in [-0.15, -0.1) is 11.3 Å². The molecule has 0 unspecified atom stereocenters. The molecular weight excluding hydrogens is 358 g/mol. The Morgan fingerprint density at radius 2 is 2.25 bits per heavy atom. The molecule has 2 aromatic heterocycles. The van der Waals surface area contributed by atoms with E-state index in [4.69, 9.17) is 11.6 Å². The van der Waals surface area contributed by atoms with Gasteiger partial charge in [0.25, 0.3) is 0 Å². The minimum absolute atomic E-state index is 0.753. The Bertz CT molecular complexity index is 690. The van der Waals surface area contributed by atoms with Gasteiger partial charge in [-0.3, -0.25) is 0 Å². The Morgan fingerprint density at radius 3 is 2.95 bits per heavy atom. The number of nitrogens with zero attached hydrogens (tertiary/aromatic N) is 2. The van der Waals surface area contributed by atoms with Gasteiger partial charge in [0, 0.05) is 39.7 Å². The molecule has 0 aliphatic heterocycles. The van der Waals surface area contributed by atoms with Crippen LogP contribution in [-0.2, 0) is 6.54 Å². The van der Waals surface area contributed by atoms with Crippen molar-refractivity contribution in [1.29, 1.82) is 0 Å². The molecule has 2 heterocycles. The van der Waals surface area contributed by atoms with Crippen LogP contribution in [0.5, 0.6) is 0 Å². The summed E-state index contributed by atoms with van der Waals surface area (Å²) >= 11 is 11.0. The lowest BCUT2D eigenvalue weighted by Gasteiger charge is -2.08. The van der Waals surface area contributed by atoms with Crippen LogP contribution in [0.4, 0.5) is 5.69 Å². The SMILES string of the molecule is Clc1sc(CNc2cccc(-n3ccnc3)c2)cc1Br. The summed E-state index contributed by atoms with van der Waals surface area (Å²) in [5, 5.41) is 3.40. The molecule has 20 heavy (non-hydrogen) atoms. The lowest BCUT2D eigenvalue weighted by molar-refractivity contribution is 1.05. The third kappa shape index (κ3) is 3.06. The van der Waals surface area contributed by atoms with Crippen molar-refractivity contribution in [2.24, 2.45) is 0 Å². The lowest BCUT2D eigenvalue weighted by Crippen LogP contribution is -1.98. The number of nitrogens with one attached hydrogen (secondary N) is 1. The first-order valence-electron chi connectivity index (χ1n) is 5.98. The second-order valence-electron chi connectivity index (χ2n) is 4.21. The summed E-state index contributed by atoms with van der Waals surface area (Å²) in [6.07, 6.45) is 5.48. The molecule has 102 valence electrons. The number of benzene rings is 1. The maximum atomic E-state index is 6.04. The number of rotatable bonds is 4. The monoisotopic (exact) mass is 367 g/mol. The third-order valence-electron chi connectivity index (χ3n) is 2.81. The zero-order chi connectivity index (χ0) is 13.9. The molecule has 6 heteroatoms. The highest BCUT2D eigenvalue weighted by atomic mass is 79.9. The Labute approximate surface area is 134 Å². The fraction of sp³-hybridized carbons (Fsp3) is 0.0714. The van der Waals surface area contributed by atoms with E-state index in [2.05, 4.69) is 32.3 Å². The Hall–Kier alpha value is -1.30. The molecule has 0 saturated carbocycles. The summed E-state index contributed by atoms with van der Waals surface area (Å²) in [5.41, 5.74) is 2.15. The molecule has 0 saturated heterocycles. The average molecular weight is 369 g/mol. The number of hydrogen-bond acceptors (Lipinski definition) is 3. The highest BCUT2D eigenvalue weighted by Gasteiger charge is 2.04. The van der Waals surface area contributed by atoms with Gasteiger partial charge in [0.05, 0.1) is 6.33 Å². The average Bonchev–Trinajstić information content (AvgIpc) is 3.08. The maximum Gasteiger partial charge on any atom is 0.107 e. The molecule has 1 aromatic carbocycles. The lowest BCUT2D eigenvalue weighted by atomic mass is 10.2. The summed E-state index contributed by atoms with van der Waals surface area (Å²) in [5.74, 6) is 0. The van der Waals surface area contributed by atoms with Crippen molar-refractivity contribution in [3.05, 3.63) is 62.7 Å². The summed E-state index contributed by atoms with van der Waals surface area (Å²) in [7, 11) is 0. The van der Waals surface area contributed by atoms with E-state index in [1.54, 1.807) is 23.9 Å². The normalized spacial score (nSPS) is 10.7. The second-order valence-corrected chi connectivity index (χ2v) is 6.80. The first-order valence-corrected chi connectivity index (χ1v) is 7.97. The van der Waals surface area contributed by atoms with Crippen LogP contribution in [-0.4, -0.2) is 9.55 Å². The molecule has 3 rings (SSSR count). The Balaban J connectivity index is 1.73. The van der Waals surface area contributed by atoms with E-state index in [-0.39, 0.29) is 0 Å². The molecule has 0 spiro atoms. The quantitative estimate of drug-likeness (QED) is 0.705. The number of aromatic nitrogens is 2. The Morgan fingerprint density at radius 1 is 1.35 bits per heavy atom. The van der Waals surface area contributed by atoms with Crippen LogP contribution in [0.15, 0.2) is 53.5 Å². The van der Waals surface area contributed by atoms with Gasteiger partial charge in [-0.2, -0.15) is 0 Å². The van der Waals surface area contributed by atoms with Gasteiger partial charge in [-0.25, -0.2) is 4.98 Å². The highest BCUT2D eigenvalue weighted by Crippen LogP contribution is 2.32. The molecule has 1 N–H and O–H groups in total. The number of anilines is 1. The van der Waals surface area contributed by atoms with Crippen LogP contribution in [0.1, 0.15) is 4.88 Å². The van der Waals surface area contributed by atoms with Gasteiger partial charge in [-0.05, 0) is 40.2 Å². The van der Waals surface area contributed by atoms with Crippen LogP contribution in [0, 0.1) is 0 Å². The standard InChI is InChI=1S/C14H11BrClN3S/c15-13-7-12(20-14(13)16)8-18-10-2-1-3-11(6-10)19-5-4-17-9-19/h1-7,9,18H,8H2. The van der Waals surface area contributed by atoms with Crippen LogP contribution in [0.25, 0.3) is 5.69 Å². The second kappa shape index (κ2) is 5.99. The third-order valence-corrected chi connectivity index (χ3v) is 5.29. The molecular formula is C14H11BrClN3S. The largest absolute Gasteiger partial charge is 0.380 e. The summed E-state index contributed by atoms with van der Waals surface area (Å²) in [6.45, 7) is 0.753. The minimum Gasteiger partial charge on any atom is -0.380 e. The van der Waals surface area contributed by atoms with Crippen molar-refractivity contribution in [2.45, 2.75) is 6.54 Å². The first kappa shape index (κ1) is 13.7. The molecule has 0 fully saturated rings. The molecule has 0 aliphatic rings. The highest BCUT2D eigenvalue weighted by molar-refractivity contribution is 9.10. The van der Waals surface area contributed by atoms with Crippen molar-refractivity contribution in [3.8, 4) is 5.69 Å². The fourth-order valence-electron chi connectivity index (χ4n) is 1.86. The van der Waals surface area contributed by atoms with E-state index >= 15 is 0 Å². The van der Waals surface area contributed by atoms with Gasteiger partial charge < -0.3 is 9.88 Å². The van der Waals surface area contributed by atoms with E-state index in [1.165, 1.54) is 4.88 Å². The van der Waals surface area contributed by atoms with Crippen molar-refractivity contribution < 1.29 is 0 Å². The van der Waals surface area contributed by atoms with E-state index < -0.39 is 0 Å². The molecule has 0 atom stereocenters. The van der Waals surface area contributed by atoms with Gasteiger partial charge >= 0.3 is 0 Å². The number of halogens is 2. The first-order chi connectivity index (χ1) is 9.72. The van der Waals surface area contributed by atoms with E-state index in [9.17, 15) is 0 Å². The summed E-state index contributed by atoms with van der Waals surface area (Å²) in [4.78, 5) is 5.25. The van der Waals surface area contributed by atoms with E-state index in [0.29, 0.717) is 0 Å². The molecule has 0 bridgehead atoms.